The minimum absolute atomic E-state index is 0.276. The van der Waals surface area contributed by atoms with Crippen molar-refractivity contribution in [3.05, 3.63) is 30.4 Å². The van der Waals surface area contributed by atoms with Crippen LogP contribution in [0.3, 0.4) is 0 Å². The van der Waals surface area contributed by atoms with E-state index in [1.165, 1.54) is 0 Å². The third-order valence-corrected chi connectivity index (χ3v) is 2.00. The maximum Gasteiger partial charge on any atom is 0.233 e. The number of hydrogen-bond acceptors (Lipinski definition) is 2. The van der Waals surface area contributed by atoms with Crippen LogP contribution in [0.5, 0.6) is 0 Å². The molecule has 14 heavy (non-hydrogen) atoms. The lowest BCUT2D eigenvalue weighted by molar-refractivity contribution is 0.407. The maximum atomic E-state index is 4.45. The Bertz CT molecular complexity index is 404. The number of imidazole rings is 1. The van der Waals surface area contributed by atoms with Crippen molar-refractivity contribution in [2.45, 2.75) is 27.2 Å². The first kappa shape index (κ1) is 9.19. The standard InChI is InChI=1S/C11H15N3/c1-11(2,3)7-9-8-14-6-4-5-12-10(14)13-9/h4-6,8H,7H2,1-3H3. The third kappa shape index (κ3) is 1.92. The second kappa shape index (κ2) is 3.08. The van der Waals surface area contributed by atoms with Gasteiger partial charge in [-0.2, -0.15) is 0 Å². The highest BCUT2D eigenvalue weighted by Crippen LogP contribution is 2.19. The molecule has 0 aliphatic rings. The van der Waals surface area contributed by atoms with E-state index in [1.807, 2.05) is 22.9 Å². The summed E-state index contributed by atoms with van der Waals surface area (Å²) in [4.78, 5) is 8.63. The molecule has 0 saturated heterocycles. The van der Waals surface area contributed by atoms with Gasteiger partial charge in [-0.3, -0.25) is 4.40 Å². The van der Waals surface area contributed by atoms with Gasteiger partial charge in [-0.25, -0.2) is 9.97 Å². The largest absolute Gasteiger partial charge is 0.291 e. The van der Waals surface area contributed by atoms with E-state index in [2.05, 4.69) is 30.7 Å². The van der Waals surface area contributed by atoms with Crippen LogP contribution in [0.1, 0.15) is 26.5 Å². The summed E-state index contributed by atoms with van der Waals surface area (Å²) in [5.74, 6) is 0.784. The summed E-state index contributed by atoms with van der Waals surface area (Å²) in [7, 11) is 0. The predicted octanol–water partition coefficient (Wildman–Crippen LogP) is 2.32. The SMILES string of the molecule is CC(C)(C)Cc1cn2cccnc2n1. The summed E-state index contributed by atoms with van der Waals surface area (Å²) in [5.41, 5.74) is 1.38. The molecule has 0 radical (unpaired) electrons. The lowest BCUT2D eigenvalue weighted by Gasteiger charge is -2.15. The molecule has 0 amide bonds. The van der Waals surface area contributed by atoms with Crippen LogP contribution in [-0.4, -0.2) is 14.4 Å². The molecule has 0 fully saturated rings. The number of nitrogens with zero attached hydrogens (tertiary/aromatic N) is 3. The van der Waals surface area contributed by atoms with Crippen LogP contribution in [0.25, 0.3) is 5.78 Å². The monoisotopic (exact) mass is 189 g/mol. The van der Waals surface area contributed by atoms with Gasteiger partial charge in [-0.05, 0) is 17.9 Å². The Kier molecular flexibility index (Phi) is 2.02. The number of fused-ring (bicyclic) bond motifs is 1. The van der Waals surface area contributed by atoms with Gasteiger partial charge < -0.3 is 0 Å². The van der Waals surface area contributed by atoms with E-state index < -0.39 is 0 Å². The molecular formula is C11H15N3. The smallest absolute Gasteiger partial charge is 0.233 e. The highest BCUT2D eigenvalue weighted by Gasteiger charge is 2.13. The van der Waals surface area contributed by atoms with E-state index >= 15 is 0 Å². The second-order valence-electron chi connectivity index (χ2n) is 4.80. The van der Waals surface area contributed by atoms with Crippen molar-refractivity contribution in [1.82, 2.24) is 14.4 Å². The quantitative estimate of drug-likeness (QED) is 0.689. The van der Waals surface area contributed by atoms with Crippen molar-refractivity contribution in [2.24, 2.45) is 5.41 Å². The number of aromatic nitrogens is 3. The van der Waals surface area contributed by atoms with Crippen LogP contribution in [0.15, 0.2) is 24.7 Å². The maximum absolute atomic E-state index is 4.45. The molecule has 2 heterocycles. The first-order chi connectivity index (χ1) is 6.54. The second-order valence-corrected chi connectivity index (χ2v) is 4.80. The Hall–Kier alpha value is -1.38. The minimum atomic E-state index is 0.276. The molecule has 2 rings (SSSR count). The topological polar surface area (TPSA) is 30.2 Å². The van der Waals surface area contributed by atoms with Crippen molar-refractivity contribution in [3.8, 4) is 0 Å². The Morgan fingerprint density at radius 1 is 1.36 bits per heavy atom. The molecule has 0 spiro atoms. The number of hydrogen-bond donors (Lipinski definition) is 0. The van der Waals surface area contributed by atoms with Crippen LogP contribution in [0, 0.1) is 5.41 Å². The van der Waals surface area contributed by atoms with Crippen molar-refractivity contribution in [1.29, 1.82) is 0 Å². The van der Waals surface area contributed by atoms with E-state index in [-0.39, 0.29) is 5.41 Å². The zero-order valence-electron chi connectivity index (χ0n) is 8.86. The Morgan fingerprint density at radius 2 is 2.14 bits per heavy atom. The number of rotatable bonds is 1. The summed E-state index contributed by atoms with van der Waals surface area (Å²) < 4.78 is 1.96. The first-order valence-electron chi connectivity index (χ1n) is 4.83. The van der Waals surface area contributed by atoms with Gasteiger partial charge >= 0.3 is 0 Å². The van der Waals surface area contributed by atoms with Gasteiger partial charge in [0, 0.05) is 18.6 Å². The van der Waals surface area contributed by atoms with E-state index in [0.29, 0.717) is 0 Å². The molecule has 3 nitrogen and oxygen atoms in total. The summed E-state index contributed by atoms with van der Waals surface area (Å²) in [6, 6.07) is 1.91. The average molecular weight is 189 g/mol. The summed E-state index contributed by atoms with van der Waals surface area (Å²) in [6.07, 6.45) is 6.77. The summed E-state index contributed by atoms with van der Waals surface area (Å²) >= 11 is 0. The van der Waals surface area contributed by atoms with Gasteiger partial charge in [0.1, 0.15) is 0 Å². The van der Waals surface area contributed by atoms with Crippen molar-refractivity contribution in [3.63, 3.8) is 0 Å². The molecule has 3 heteroatoms. The highest BCUT2D eigenvalue weighted by molar-refractivity contribution is 5.29. The Labute approximate surface area is 83.8 Å². The van der Waals surface area contributed by atoms with E-state index in [0.717, 1.165) is 17.9 Å². The minimum Gasteiger partial charge on any atom is -0.291 e. The summed E-state index contributed by atoms with van der Waals surface area (Å²) in [6.45, 7) is 6.64. The van der Waals surface area contributed by atoms with Crippen LogP contribution in [0.4, 0.5) is 0 Å². The molecule has 0 N–H and O–H groups in total. The highest BCUT2D eigenvalue weighted by atomic mass is 15.1. The predicted molar refractivity (Wildman–Crippen MR) is 56.1 cm³/mol. The van der Waals surface area contributed by atoms with Gasteiger partial charge in [-0.15, -0.1) is 0 Å². The molecule has 0 aromatic carbocycles. The molecule has 0 unspecified atom stereocenters. The van der Waals surface area contributed by atoms with Gasteiger partial charge in [0.2, 0.25) is 5.78 Å². The fraction of sp³-hybridized carbons (Fsp3) is 0.455. The van der Waals surface area contributed by atoms with Gasteiger partial charge in [-0.1, -0.05) is 20.8 Å². The third-order valence-electron chi connectivity index (χ3n) is 2.00. The normalized spacial score (nSPS) is 12.2. The molecule has 0 aliphatic heterocycles. The molecular weight excluding hydrogens is 174 g/mol. The van der Waals surface area contributed by atoms with Crippen molar-refractivity contribution in [2.75, 3.05) is 0 Å². The molecule has 0 saturated carbocycles. The molecule has 2 aromatic rings. The van der Waals surface area contributed by atoms with Crippen LogP contribution < -0.4 is 0 Å². The Morgan fingerprint density at radius 3 is 2.79 bits per heavy atom. The van der Waals surface area contributed by atoms with Crippen LogP contribution in [-0.2, 0) is 6.42 Å². The van der Waals surface area contributed by atoms with Crippen LogP contribution >= 0.6 is 0 Å². The van der Waals surface area contributed by atoms with E-state index in [1.54, 1.807) is 6.20 Å². The Balaban J connectivity index is 2.36. The summed E-state index contributed by atoms with van der Waals surface area (Å²) in [5, 5.41) is 0. The fourth-order valence-electron chi connectivity index (χ4n) is 1.51. The average Bonchev–Trinajstić information content (AvgIpc) is 2.42. The molecule has 0 aliphatic carbocycles. The zero-order valence-corrected chi connectivity index (χ0v) is 8.86. The fourth-order valence-corrected chi connectivity index (χ4v) is 1.51. The molecule has 0 bridgehead atoms. The van der Waals surface area contributed by atoms with Gasteiger partial charge in [0.15, 0.2) is 0 Å². The van der Waals surface area contributed by atoms with Gasteiger partial charge in [0.05, 0.1) is 5.69 Å². The molecule has 2 aromatic heterocycles. The van der Waals surface area contributed by atoms with E-state index in [9.17, 15) is 0 Å². The van der Waals surface area contributed by atoms with Gasteiger partial charge in [0.25, 0.3) is 0 Å². The van der Waals surface area contributed by atoms with Crippen LogP contribution in [0.2, 0.25) is 0 Å². The zero-order chi connectivity index (χ0) is 10.2. The lowest BCUT2D eigenvalue weighted by atomic mass is 9.91. The first-order valence-corrected chi connectivity index (χ1v) is 4.83. The molecule has 0 atom stereocenters. The lowest BCUT2D eigenvalue weighted by Crippen LogP contribution is -2.09. The van der Waals surface area contributed by atoms with Crippen molar-refractivity contribution >= 4 is 5.78 Å². The van der Waals surface area contributed by atoms with E-state index in [4.69, 9.17) is 0 Å². The molecule has 74 valence electrons. The van der Waals surface area contributed by atoms with Crippen molar-refractivity contribution < 1.29 is 0 Å².